The minimum absolute atomic E-state index is 0.690. The molecule has 0 aliphatic rings. The van der Waals surface area contributed by atoms with Crippen LogP contribution in [-0.2, 0) is 6.42 Å². The number of para-hydroxylation sites is 1. The molecule has 2 aromatic carbocycles. The van der Waals surface area contributed by atoms with Crippen molar-refractivity contribution in [2.24, 2.45) is 0 Å². The largest absolute Gasteiger partial charge is 0.497 e. The fraction of sp³-hybridized carbons (Fsp3) is 0.235. The molecule has 0 heterocycles. The van der Waals surface area contributed by atoms with Gasteiger partial charge in [0, 0.05) is 6.54 Å². The molecule has 0 bridgehead atoms. The van der Waals surface area contributed by atoms with Gasteiger partial charge in [0.2, 0.25) is 0 Å². The normalized spacial score (nSPS) is 9.85. The Balaban J connectivity index is 2.01. The van der Waals surface area contributed by atoms with E-state index in [1.807, 2.05) is 43.3 Å². The smallest absolute Gasteiger partial charge is 0.119 e. The maximum absolute atomic E-state index is 9.12. The number of nitrogens with zero attached hydrogens (tertiary/aromatic N) is 1. The molecular formula is C17H18N2O. The number of hydrogen-bond acceptors (Lipinski definition) is 3. The fourth-order valence-corrected chi connectivity index (χ4v) is 2.16. The number of benzene rings is 2. The molecule has 0 radical (unpaired) electrons. The number of ether oxygens (including phenoxy) is 1. The number of methoxy groups -OCH3 is 1. The van der Waals surface area contributed by atoms with E-state index >= 15 is 0 Å². The maximum Gasteiger partial charge on any atom is 0.119 e. The minimum atomic E-state index is 0.690. The summed E-state index contributed by atoms with van der Waals surface area (Å²) in [4.78, 5) is 0. The predicted octanol–water partition coefficient (Wildman–Crippen LogP) is 3.53. The van der Waals surface area contributed by atoms with Gasteiger partial charge >= 0.3 is 0 Å². The molecular weight excluding hydrogens is 248 g/mol. The van der Waals surface area contributed by atoms with E-state index in [1.165, 1.54) is 5.56 Å². The highest BCUT2D eigenvalue weighted by atomic mass is 16.5. The third kappa shape index (κ3) is 3.30. The van der Waals surface area contributed by atoms with Crippen LogP contribution in [0, 0.1) is 18.3 Å². The van der Waals surface area contributed by atoms with Crippen LogP contribution >= 0.6 is 0 Å². The van der Waals surface area contributed by atoms with Crippen LogP contribution in [0.1, 0.15) is 16.7 Å². The fourth-order valence-electron chi connectivity index (χ4n) is 2.16. The Morgan fingerprint density at radius 3 is 2.75 bits per heavy atom. The Labute approximate surface area is 119 Å². The summed E-state index contributed by atoms with van der Waals surface area (Å²) in [5, 5.41) is 12.5. The lowest BCUT2D eigenvalue weighted by molar-refractivity contribution is 0.414. The van der Waals surface area contributed by atoms with E-state index in [1.54, 1.807) is 7.11 Å². The lowest BCUT2D eigenvalue weighted by Crippen LogP contribution is -2.07. The Bertz CT molecular complexity index is 629. The van der Waals surface area contributed by atoms with Gasteiger partial charge in [-0.15, -0.1) is 0 Å². The van der Waals surface area contributed by atoms with Gasteiger partial charge in [-0.1, -0.05) is 24.3 Å². The summed E-state index contributed by atoms with van der Waals surface area (Å²) in [5.41, 5.74) is 3.92. The van der Waals surface area contributed by atoms with Crippen LogP contribution in [0.25, 0.3) is 0 Å². The van der Waals surface area contributed by atoms with Crippen molar-refractivity contribution < 1.29 is 4.74 Å². The van der Waals surface area contributed by atoms with Crippen LogP contribution in [0.3, 0.4) is 0 Å². The third-order valence-corrected chi connectivity index (χ3v) is 3.24. The summed E-state index contributed by atoms with van der Waals surface area (Å²) in [7, 11) is 1.67. The van der Waals surface area contributed by atoms with Gasteiger partial charge < -0.3 is 10.1 Å². The van der Waals surface area contributed by atoms with Crippen molar-refractivity contribution in [3.05, 3.63) is 59.2 Å². The molecule has 0 atom stereocenters. The van der Waals surface area contributed by atoms with Crippen LogP contribution in [-0.4, -0.2) is 13.7 Å². The van der Waals surface area contributed by atoms with Crippen molar-refractivity contribution in [1.82, 2.24) is 0 Å². The topological polar surface area (TPSA) is 45.0 Å². The quantitative estimate of drug-likeness (QED) is 0.900. The number of aryl methyl sites for hydroxylation is 1. The van der Waals surface area contributed by atoms with Gasteiger partial charge in [-0.05, 0) is 42.7 Å². The molecule has 2 aromatic rings. The lowest BCUT2D eigenvalue weighted by Gasteiger charge is -2.11. The molecule has 0 aliphatic carbocycles. The van der Waals surface area contributed by atoms with Crippen LogP contribution in [0.2, 0.25) is 0 Å². The zero-order valence-corrected chi connectivity index (χ0v) is 11.8. The SMILES string of the molecule is COc1cccc(CCNc2c(C)cccc2C#N)c1. The molecule has 2 rings (SSSR count). The summed E-state index contributed by atoms with van der Waals surface area (Å²) in [6.07, 6.45) is 0.885. The van der Waals surface area contributed by atoms with E-state index in [4.69, 9.17) is 10.00 Å². The molecule has 0 saturated carbocycles. The second-order valence-corrected chi connectivity index (χ2v) is 4.64. The molecule has 20 heavy (non-hydrogen) atoms. The Morgan fingerprint density at radius 2 is 2.00 bits per heavy atom. The molecule has 3 heteroatoms. The number of hydrogen-bond donors (Lipinski definition) is 1. The predicted molar refractivity (Wildman–Crippen MR) is 81.1 cm³/mol. The first-order chi connectivity index (χ1) is 9.74. The van der Waals surface area contributed by atoms with E-state index in [-0.39, 0.29) is 0 Å². The van der Waals surface area contributed by atoms with E-state index in [0.29, 0.717) is 5.56 Å². The number of anilines is 1. The summed E-state index contributed by atoms with van der Waals surface area (Å²) in [6, 6.07) is 16.0. The van der Waals surface area contributed by atoms with Crippen molar-refractivity contribution in [1.29, 1.82) is 5.26 Å². The number of nitriles is 1. The molecule has 0 aliphatic heterocycles. The summed E-state index contributed by atoms with van der Waals surface area (Å²) in [6.45, 7) is 2.79. The first-order valence-corrected chi connectivity index (χ1v) is 6.61. The Kier molecular flexibility index (Phi) is 4.62. The standard InChI is InChI=1S/C17H18N2O/c1-13-5-3-7-15(12-18)17(13)19-10-9-14-6-4-8-16(11-14)20-2/h3-8,11,19H,9-10H2,1-2H3. The number of nitrogens with one attached hydrogen (secondary N) is 1. The molecule has 0 fully saturated rings. The van der Waals surface area contributed by atoms with Crippen molar-refractivity contribution in [3.8, 4) is 11.8 Å². The summed E-state index contributed by atoms with van der Waals surface area (Å²) >= 11 is 0. The van der Waals surface area contributed by atoms with Crippen molar-refractivity contribution >= 4 is 5.69 Å². The highest BCUT2D eigenvalue weighted by Crippen LogP contribution is 2.20. The number of rotatable bonds is 5. The van der Waals surface area contributed by atoms with Gasteiger partial charge in [-0.2, -0.15) is 5.26 Å². The van der Waals surface area contributed by atoms with Crippen LogP contribution in [0.4, 0.5) is 5.69 Å². The van der Waals surface area contributed by atoms with Crippen LogP contribution < -0.4 is 10.1 Å². The van der Waals surface area contributed by atoms with Crippen molar-refractivity contribution in [2.45, 2.75) is 13.3 Å². The lowest BCUT2D eigenvalue weighted by atomic mass is 10.1. The molecule has 0 saturated heterocycles. The van der Waals surface area contributed by atoms with Gasteiger partial charge in [-0.3, -0.25) is 0 Å². The minimum Gasteiger partial charge on any atom is -0.497 e. The molecule has 3 nitrogen and oxygen atoms in total. The van der Waals surface area contributed by atoms with Gasteiger partial charge in [0.05, 0.1) is 18.4 Å². The first kappa shape index (κ1) is 14.0. The van der Waals surface area contributed by atoms with Gasteiger partial charge in [0.25, 0.3) is 0 Å². The summed E-state index contributed by atoms with van der Waals surface area (Å²) < 4.78 is 5.21. The van der Waals surface area contributed by atoms with Crippen molar-refractivity contribution in [3.63, 3.8) is 0 Å². The second kappa shape index (κ2) is 6.63. The highest BCUT2D eigenvalue weighted by Gasteiger charge is 2.04. The van der Waals surface area contributed by atoms with Crippen LogP contribution in [0.5, 0.6) is 5.75 Å². The Hall–Kier alpha value is -2.47. The molecule has 102 valence electrons. The molecule has 1 N–H and O–H groups in total. The van der Waals surface area contributed by atoms with E-state index in [0.717, 1.165) is 30.0 Å². The average Bonchev–Trinajstić information content (AvgIpc) is 2.49. The van der Waals surface area contributed by atoms with Crippen LogP contribution in [0.15, 0.2) is 42.5 Å². The zero-order valence-electron chi connectivity index (χ0n) is 11.8. The summed E-state index contributed by atoms with van der Waals surface area (Å²) in [5.74, 6) is 0.871. The molecule has 0 amide bonds. The van der Waals surface area contributed by atoms with E-state index in [9.17, 15) is 0 Å². The van der Waals surface area contributed by atoms with E-state index < -0.39 is 0 Å². The van der Waals surface area contributed by atoms with Crippen molar-refractivity contribution in [2.75, 3.05) is 19.0 Å². The van der Waals surface area contributed by atoms with Gasteiger partial charge in [0.1, 0.15) is 11.8 Å². The third-order valence-electron chi connectivity index (χ3n) is 3.24. The van der Waals surface area contributed by atoms with E-state index in [2.05, 4.69) is 17.5 Å². The highest BCUT2D eigenvalue weighted by molar-refractivity contribution is 5.62. The zero-order chi connectivity index (χ0) is 14.4. The first-order valence-electron chi connectivity index (χ1n) is 6.61. The Morgan fingerprint density at radius 1 is 1.20 bits per heavy atom. The second-order valence-electron chi connectivity index (χ2n) is 4.64. The van der Waals surface area contributed by atoms with Gasteiger partial charge in [0.15, 0.2) is 0 Å². The maximum atomic E-state index is 9.12. The molecule has 0 spiro atoms. The van der Waals surface area contributed by atoms with Gasteiger partial charge in [-0.25, -0.2) is 0 Å². The molecule has 0 unspecified atom stereocenters. The molecule has 0 aromatic heterocycles. The monoisotopic (exact) mass is 266 g/mol. The average molecular weight is 266 g/mol.